The van der Waals surface area contributed by atoms with Crippen LogP contribution in [0.2, 0.25) is 0 Å². The van der Waals surface area contributed by atoms with Gasteiger partial charge in [0.1, 0.15) is 25.4 Å². The topological polar surface area (TPSA) is 231 Å². The molecule has 18 heteroatoms. The number of unbranched alkanes of at least 4 members (excludes halogenated alkanes) is 38. The van der Waals surface area contributed by atoms with Crippen molar-refractivity contribution < 1.29 is 75.8 Å². The van der Waals surface area contributed by atoms with Crippen molar-refractivity contribution in [2.75, 3.05) is 39.6 Å². The number of ether oxygens (including phenoxy) is 3. The fourth-order valence-corrected chi connectivity index (χ4v) is 14.4. The van der Waals surface area contributed by atoms with Gasteiger partial charge in [-0.3, -0.25) is 32.5 Å². The zero-order valence-electron chi connectivity index (χ0n) is 75.2. The molecule has 0 aromatic carbocycles. The number of carbonyl (C=O) groups is 3. The van der Waals surface area contributed by atoms with E-state index in [2.05, 4.69) is 191 Å². The Bertz CT molecular complexity index is 2840. The second-order valence-corrected chi connectivity index (χ2v) is 34.3. The molecule has 682 valence electrons. The first-order valence-corrected chi connectivity index (χ1v) is 50.4. The molecule has 5 unspecified atom stereocenters. The Kier molecular flexibility index (Phi) is 88.2. The Morgan fingerprint density at radius 2 is 0.445 bits per heavy atom. The van der Waals surface area contributed by atoms with E-state index in [0.29, 0.717) is 19.3 Å². The normalized spacial score (nSPS) is 14.5. The number of phosphoric ester groups is 2. The van der Waals surface area contributed by atoms with Gasteiger partial charge in [-0.05, 0) is 154 Å². The number of rotatable bonds is 89. The Labute approximate surface area is 726 Å². The summed E-state index contributed by atoms with van der Waals surface area (Å²) in [6, 6.07) is 0. The maximum Gasteiger partial charge on any atom is 0.472 e. The molecule has 0 aromatic rings. The quantitative estimate of drug-likeness (QED) is 0.0146. The van der Waals surface area contributed by atoms with Gasteiger partial charge in [0.25, 0.3) is 0 Å². The third-order valence-electron chi connectivity index (χ3n) is 19.9. The minimum atomic E-state index is -4.95. The third kappa shape index (κ3) is 93.5. The highest BCUT2D eigenvalue weighted by atomic mass is 31.2. The van der Waals surface area contributed by atoms with Gasteiger partial charge >= 0.3 is 33.6 Å². The van der Waals surface area contributed by atoms with Gasteiger partial charge in [-0.1, -0.05) is 390 Å². The maximum absolute atomic E-state index is 13.1. The molecule has 0 bridgehead atoms. The van der Waals surface area contributed by atoms with Crippen LogP contribution in [0.1, 0.15) is 393 Å². The van der Waals surface area contributed by atoms with Gasteiger partial charge in [0.05, 0.1) is 26.4 Å². The van der Waals surface area contributed by atoms with Gasteiger partial charge < -0.3 is 34.2 Å². The van der Waals surface area contributed by atoms with Crippen LogP contribution < -0.4 is 0 Å². The summed E-state index contributed by atoms with van der Waals surface area (Å²) in [5.74, 6) is -1.57. The molecule has 0 fully saturated rings. The van der Waals surface area contributed by atoms with E-state index < -0.39 is 91.5 Å². The summed E-state index contributed by atoms with van der Waals surface area (Å²) in [6.07, 6.45) is 120. The van der Waals surface area contributed by atoms with E-state index in [0.717, 1.165) is 173 Å². The van der Waals surface area contributed by atoms with Crippen LogP contribution in [-0.4, -0.2) is 95.9 Å². The van der Waals surface area contributed by atoms with E-state index in [4.69, 9.17) is 32.3 Å². The van der Waals surface area contributed by atoms with Crippen LogP contribution in [-0.2, 0) is 55.8 Å². The molecule has 0 aliphatic rings. The van der Waals surface area contributed by atoms with Gasteiger partial charge in [0.15, 0.2) is 6.10 Å². The fourth-order valence-electron chi connectivity index (χ4n) is 12.8. The number of esters is 3. The highest BCUT2D eigenvalue weighted by Crippen LogP contribution is 2.45. The van der Waals surface area contributed by atoms with E-state index in [1.54, 1.807) is 0 Å². The maximum atomic E-state index is 13.1. The molecule has 0 spiro atoms. The van der Waals surface area contributed by atoms with Crippen molar-refractivity contribution in [3.8, 4) is 0 Å². The average molecular weight is 1700 g/mol. The number of aliphatic hydroxyl groups excluding tert-OH is 2. The first-order valence-electron chi connectivity index (χ1n) is 47.4. The molecule has 0 saturated carbocycles. The molecule has 119 heavy (non-hydrogen) atoms. The summed E-state index contributed by atoms with van der Waals surface area (Å²) >= 11 is 0. The van der Waals surface area contributed by atoms with E-state index in [1.165, 1.54) is 161 Å². The molecule has 4 N–H and O–H groups in total. The van der Waals surface area contributed by atoms with E-state index in [1.807, 2.05) is 0 Å². The summed E-state index contributed by atoms with van der Waals surface area (Å²) in [5.41, 5.74) is 0. The fraction of sp³-hybridized carbons (Fsp3) is 0.693. The van der Waals surface area contributed by atoms with Gasteiger partial charge in [-0.25, -0.2) is 9.13 Å². The monoisotopic (exact) mass is 1700 g/mol. The van der Waals surface area contributed by atoms with Crippen molar-refractivity contribution in [2.24, 2.45) is 0 Å². The van der Waals surface area contributed by atoms with Gasteiger partial charge in [-0.15, -0.1) is 0 Å². The Morgan fingerprint density at radius 3 is 0.706 bits per heavy atom. The predicted octanol–water partition coefficient (Wildman–Crippen LogP) is 29.4. The predicted molar refractivity (Wildman–Crippen MR) is 500 cm³/mol. The van der Waals surface area contributed by atoms with Crippen molar-refractivity contribution in [1.82, 2.24) is 0 Å². The summed E-state index contributed by atoms with van der Waals surface area (Å²) in [6.45, 7) is 2.47. The number of hydrogen-bond acceptors (Lipinski definition) is 14. The molecule has 0 radical (unpaired) electrons. The Balaban J connectivity index is 4.66. The smallest absolute Gasteiger partial charge is 0.463 e. The van der Waals surface area contributed by atoms with E-state index >= 15 is 0 Å². The van der Waals surface area contributed by atoms with E-state index in [-0.39, 0.29) is 19.3 Å². The minimum Gasteiger partial charge on any atom is -0.463 e. The molecular formula is C101H172O16P2. The summed E-state index contributed by atoms with van der Waals surface area (Å²) < 4.78 is 61.6. The first-order chi connectivity index (χ1) is 58.2. The van der Waals surface area contributed by atoms with E-state index in [9.17, 15) is 43.5 Å². The van der Waals surface area contributed by atoms with Crippen LogP contribution >= 0.6 is 15.6 Å². The number of aliphatic hydroxyl groups is 2. The average Bonchev–Trinajstić information content (AvgIpc) is 0.905. The van der Waals surface area contributed by atoms with Crippen LogP contribution in [0.4, 0.5) is 0 Å². The Hall–Kier alpha value is -5.09. The number of carbonyl (C=O) groups excluding carboxylic acids is 3. The van der Waals surface area contributed by atoms with Gasteiger partial charge in [0.2, 0.25) is 0 Å². The van der Waals surface area contributed by atoms with Crippen LogP contribution in [0.25, 0.3) is 0 Å². The lowest BCUT2D eigenvalue weighted by Gasteiger charge is -2.21. The Morgan fingerprint density at radius 1 is 0.244 bits per heavy atom. The lowest BCUT2D eigenvalue weighted by atomic mass is 10.0. The zero-order chi connectivity index (χ0) is 86.5. The number of allylic oxidation sites excluding steroid dienone is 28. The lowest BCUT2D eigenvalue weighted by molar-refractivity contribution is -0.161. The largest absolute Gasteiger partial charge is 0.472 e. The second-order valence-electron chi connectivity index (χ2n) is 31.4. The lowest BCUT2D eigenvalue weighted by Crippen LogP contribution is -2.30. The molecule has 0 aromatic heterocycles. The van der Waals surface area contributed by atoms with Crippen molar-refractivity contribution in [2.45, 2.75) is 411 Å². The SMILES string of the molecule is CC/C=C\C/C=C\C/C=C\C/C=C\C/C=C\CCCCCCCCCCCCCCCC(=O)OCC(O)COP(=O)(O)OCC(O)COP(=O)(O)OCC(COC(=O)CCCCCCCCCCCCC/C=C\C/C=C\C/C=C\C/C=C\C/C=C\CC)OC(=O)CCCCCCCCCCCCC/C=C\C/C=C\C/C=C\C/C=C\CCCCC. The van der Waals surface area contributed by atoms with Gasteiger partial charge in [-0.2, -0.15) is 0 Å². The van der Waals surface area contributed by atoms with Crippen LogP contribution in [0.5, 0.6) is 0 Å². The van der Waals surface area contributed by atoms with Crippen molar-refractivity contribution >= 4 is 33.6 Å². The summed E-state index contributed by atoms with van der Waals surface area (Å²) in [4.78, 5) is 59.1. The number of phosphoric acid groups is 2. The zero-order valence-corrected chi connectivity index (χ0v) is 77.0. The molecule has 0 aliphatic heterocycles. The molecular weight excluding hydrogens is 1530 g/mol. The first kappa shape index (κ1) is 114. The van der Waals surface area contributed by atoms with Crippen molar-refractivity contribution in [3.05, 3.63) is 170 Å². The second kappa shape index (κ2) is 92.1. The minimum absolute atomic E-state index is 0.0963. The molecule has 0 saturated heterocycles. The van der Waals surface area contributed by atoms with Crippen molar-refractivity contribution in [3.63, 3.8) is 0 Å². The molecule has 0 heterocycles. The number of hydrogen-bond donors (Lipinski definition) is 4. The highest BCUT2D eigenvalue weighted by molar-refractivity contribution is 7.47. The molecule has 16 nitrogen and oxygen atoms in total. The van der Waals surface area contributed by atoms with Crippen LogP contribution in [0.3, 0.4) is 0 Å². The molecule has 5 atom stereocenters. The third-order valence-corrected chi connectivity index (χ3v) is 21.8. The van der Waals surface area contributed by atoms with Crippen molar-refractivity contribution in [1.29, 1.82) is 0 Å². The summed E-state index contributed by atoms with van der Waals surface area (Å²) in [7, 11) is -9.82. The summed E-state index contributed by atoms with van der Waals surface area (Å²) in [5, 5.41) is 20.8. The highest BCUT2D eigenvalue weighted by Gasteiger charge is 2.30. The molecule has 0 amide bonds. The van der Waals surface area contributed by atoms with Gasteiger partial charge in [0, 0.05) is 19.3 Å². The van der Waals surface area contributed by atoms with Crippen LogP contribution in [0.15, 0.2) is 170 Å². The standard InChI is InChI=1S/C101H172O16P2/c1-4-7-10-13-16-19-22-25-28-31-34-37-40-43-46-47-50-52-54-57-60-63-66-69-72-75-78-81-84-87-99(104)111-90-96(102)91-113-118(107,108)114-92-97(103)93-115-119(109,110)116-95-98(117-101(106)89-86-83-80-77-74-71-68-65-62-59-56-53-49-45-42-39-36-33-30-27-24-21-18-15-12-9-6-3)94-112-100(105)88-85-82-79-76-73-70-67-64-61-58-55-51-48-44-41-38-35-32-29-26-23-20-17-14-11-8-5-2/h7-8,10-11,16-21,25-30,34-39,43-46,48-49,96-98,102-103H,4-6,9,12-15,22-24,31-33,40-42,47,50-95H2,1-3H3,(H,107,108)(H,109,110)/b10-7-,11-8-,19-16-,20-17-,21-18-,28-25-,29-26-,30-27-,37-34-,38-35-,39-36-,46-43-,48-44-,49-45-. The molecule has 0 rings (SSSR count). The molecule has 0 aliphatic carbocycles. The van der Waals surface area contributed by atoms with Crippen LogP contribution in [0, 0.1) is 0 Å².